The van der Waals surface area contributed by atoms with Crippen molar-refractivity contribution < 1.29 is 19.2 Å². The van der Waals surface area contributed by atoms with E-state index >= 15 is 0 Å². The molecule has 0 saturated carbocycles. The molecule has 1 aromatic carbocycles. The summed E-state index contributed by atoms with van der Waals surface area (Å²) in [6.07, 6.45) is 0.300. The third-order valence-electron chi connectivity index (χ3n) is 2.83. The third kappa shape index (κ3) is 2.54. The van der Waals surface area contributed by atoms with Crippen LogP contribution in [-0.2, 0) is 9.59 Å². The molecule has 7 heteroatoms. The van der Waals surface area contributed by atoms with Gasteiger partial charge in [-0.3, -0.25) is 24.6 Å². The van der Waals surface area contributed by atoms with Crippen molar-refractivity contribution in [3.63, 3.8) is 0 Å². The number of nitro benzene ring substituents is 1. The number of anilines is 1. The molecule has 0 N–H and O–H groups in total. The first-order valence-electron chi connectivity index (χ1n) is 5.76. The number of hydrogen-bond donors (Lipinski definition) is 0. The van der Waals surface area contributed by atoms with Crippen molar-refractivity contribution in [2.24, 2.45) is 0 Å². The number of ether oxygens (including phenoxy) is 1. The van der Waals surface area contributed by atoms with Crippen LogP contribution in [0.5, 0.6) is 5.75 Å². The quantitative estimate of drug-likeness (QED) is 0.604. The van der Waals surface area contributed by atoms with Crippen molar-refractivity contribution in [1.82, 2.24) is 0 Å². The van der Waals surface area contributed by atoms with E-state index in [-0.39, 0.29) is 36.2 Å². The lowest BCUT2D eigenvalue weighted by molar-refractivity contribution is -0.384. The van der Waals surface area contributed by atoms with E-state index in [1.54, 1.807) is 6.92 Å². The van der Waals surface area contributed by atoms with Crippen LogP contribution in [0.2, 0.25) is 0 Å². The van der Waals surface area contributed by atoms with Crippen molar-refractivity contribution in [2.45, 2.75) is 13.3 Å². The highest BCUT2D eigenvalue weighted by Gasteiger charge is 2.28. The van der Waals surface area contributed by atoms with Gasteiger partial charge in [0.1, 0.15) is 5.75 Å². The number of nitro groups is 1. The average Bonchev–Trinajstić information content (AvgIpc) is 2.41. The number of nitrogens with zero attached hydrogens (tertiary/aromatic N) is 2. The number of carbonyl (C=O) groups is 2. The molecule has 19 heavy (non-hydrogen) atoms. The Hall–Kier alpha value is -2.44. The Morgan fingerprint density at radius 1 is 1.53 bits per heavy atom. The van der Waals surface area contributed by atoms with E-state index < -0.39 is 4.92 Å². The van der Waals surface area contributed by atoms with Gasteiger partial charge in [-0.25, -0.2) is 0 Å². The molecular weight excluding hydrogens is 252 g/mol. The predicted molar refractivity (Wildman–Crippen MR) is 66.2 cm³/mol. The smallest absolute Gasteiger partial charge is 0.271 e. The number of fused-ring (bicyclic) bond motifs is 1. The van der Waals surface area contributed by atoms with Crippen molar-refractivity contribution in [3.05, 3.63) is 28.3 Å². The van der Waals surface area contributed by atoms with Crippen LogP contribution >= 0.6 is 0 Å². The first-order valence-corrected chi connectivity index (χ1v) is 5.76. The maximum atomic E-state index is 11.8. The van der Waals surface area contributed by atoms with E-state index in [1.807, 2.05) is 0 Å². The Morgan fingerprint density at radius 2 is 2.26 bits per heavy atom. The maximum absolute atomic E-state index is 11.8. The fraction of sp³-hybridized carbons (Fsp3) is 0.333. The second kappa shape index (κ2) is 5.05. The summed E-state index contributed by atoms with van der Waals surface area (Å²) < 4.78 is 5.19. The minimum absolute atomic E-state index is 0.0904. The lowest BCUT2D eigenvalue weighted by Crippen LogP contribution is -2.41. The Labute approximate surface area is 108 Å². The Bertz CT molecular complexity index is 555. The average molecular weight is 264 g/mol. The van der Waals surface area contributed by atoms with Crippen molar-refractivity contribution in [3.8, 4) is 5.75 Å². The van der Waals surface area contributed by atoms with Gasteiger partial charge in [0.05, 0.1) is 17.2 Å². The number of hydrogen-bond acceptors (Lipinski definition) is 5. The fourth-order valence-corrected chi connectivity index (χ4v) is 1.77. The molecule has 0 spiro atoms. The molecule has 1 aliphatic heterocycles. The van der Waals surface area contributed by atoms with Crippen LogP contribution in [0.3, 0.4) is 0 Å². The Kier molecular flexibility index (Phi) is 3.46. The lowest BCUT2D eigenvalue weighted by atomic mass is 10.2. The molecule has 1 amide bonds. The number of amides is 1. The summed E-state index contributed by atoms with van der Waals surface area (Å²) in [5.41, 5.74) is 0.123. The molecule has 100 valence electrons. The molecule has 0 bridgehead atoms. The normalized spacial score (nSPS) is 13.7. The van der Waals surface area contributed by atoms with Gasteiger partial charge in [-0.1, -0.05) is 6.92 Å². The fourth-order valence-electron chi connectivity index (χ4n) is 1.77. The topological polar surface area (TPSA) is 89.8 Å². The minimum Gasteiger partial charge on any atom is -0.482 e. The molecular formula is C12H12N2O5. The van der Waals surface area contributed by atoms with Crippen LogP contribution in [0.1, 0.15) is 13.3 Å². The first kappa shape index (κ1) is 13.0. The lowest BCUT2D eigenvalue weighted by Gasteiger charge is -2.28. The van der Waals surface area contributed by atoms with Crippen LogP contribution in [-0.4, -0.2) is 29.8 Å². The number of ketones is 1. The summed E-state index contributed by atoms with van der Waals surface area (Å²) in [5, 5.41) is 10.7. The van der Waals surface area contributed by atoms with Gasteiger partial charge in [0, 0.05) is 18.6 Å². The van der Waals surface area contributed by atoms with Crippen molar-refractivity contribution in [1.29, 1.82) is 0 Å². The molecule has 0 radical (unpaired) electrons. The van der Waals surface area contributed by atoms with Gasteiger partial charge in [0.15, 0.2) is 12.4 Å². The largest absolute Gasteiger partial charge is 0.482 e. The minimum atomic E-state index is -0.556. The van der Waals surface area contributed by atoms with Gasteiger partial charge in [0.25, 0.3) is 11.6 Å². The molecule has 7 nitrogen and oxygen atoms in total. The van der Waals surface area contributed by atoms with Crippen LogP contribution in [0, 0.1) is 10.1 Å². The Morgan fingerprint density at radius 3 is 2.89 bits per heavy atom. The van der Waals surface area contributed by atoms with Gasteiger partial charge in [-0.15, -0.1) is 0 Å². The maximum Gasteiger partial charge on any atom is 0.271 e. The second-order valence-corrected chi connectivity index (χ2v) is 4.07. The molecule has 0 aromatic heterocycles. The summed E-state index contributed by atoms with van der Waals surface area (Å²) in [5.74, 6) is -0.128. The number of rotatable bonds is 4. The molecule has 0 unspecified atom stereocenters. The number of carbonyl (C=O) groups excluding carboxylic acids is 2. The van der Waals surface area contributed by atoms with Crippen LogP contribution in [0.4, 0.5) is 11.4 Å². The molecule has 0 saturated heterocycles. The van der Waals surface area contributed by atoms with E-state index in [1.165, 1.54) is 23.1 Å². The molecule has 1 aromatic rings. The van der Waals surface area contributed by atoms with Crippen molar-refractivity contribution in [2.75, 3.05) is 18.1 Å². The van der Waals surface area contributed by atoms with Gasteiger partial charge in [-0.2, -0.15) is 0 Å². The highest BCUT2D eigenvalue weighted by atomic mass is 16.6. The highest BCUT2D eigenvalue weighted by molar-refractivity contribution is 6.02. The zero-order chi connectivity index (χ0) is 14.0. The summed E-state index contributed by atoms with van der Waals surface area (Å²) in [6, 6.07) is 3.98. The zero-order valence-corrected chi connectivity index (χ0v) is 10.3. The number of non-ortho nitro benzene ring substituents is 1. The zero-order valence-electron chi connectivity index (χ0n) is 10.3. The monoisotopic (exact) mass is 264 g/mol. The van der Waals surface area contributed by atoms with Gasteiger partial charge < -0.3 is 4.74 Å². The van der Waals surface area contributed by atoms with Gasteiger partial charge in [-0.05, 0) is 6.07 Å². The second-order valence-electron chi connectivity index (χ2n) is 4.07. The standard InChI is InChI=1S/C12H12N2O5/c1-2-9(15)6-13-10-5-8(14(17)18)3-4-11(10)19-7-12(13)16/h3-5H,2,6-7H2,1H3. The third-order valence-corrected chi connectivity index (χ3v) is 2.83. The molecule has 2 rings (SSSR count). The summed E-state index contributed by atoms with van der Waals surface area (Å²) >= 11 is 0. The Balaban J connectivity index is 2.41. The van der Waals surface area contributed by atoms with Crippen molar-refractivity contribution >= 4 is 23.1 Å². The molecule has 0 atom stereocenters. The van der Waals surface area contributed by atoms with E-state index in [4.69, 9.17) is 4.74 Å². The van der Waals surface area contributed by atoms with Crippen LogP contribution in [0.25, 0.3) is 0 Å². The molecule has 1 aliphatic rings. The number of Topliss-reactive ketones (excluding diaryl/α,β-unsaturated/α-hetero) is 1. The molecule has 0 aliphatic carbocycles. The predicted octanol–water partition coefficient (Wildman–Crippen LogP) is 1.30. The SMILES string of the molecule is CCC(=O)CN1C(=O)COc2ccc([N+](=O)[O-])cc21. The summed E-state index contributed by atoms with van der Waals surface area (Å²) in [4.78, 5) is 34.7. The van der Waals surface area contributed by atoms with E-state index in [9.17, 15) is 19.7 Å². The highest BCUT2D eigenvalue weighted by Crippen LogP contribution is 2.35. The van der Waals surface area contributed by atoms with E-state index in [0.717, 1.165) is 0 Å². The van der Waals surface area contributed by atoms with E-state index in [2.05, 4.69) is 0 Å². The summed E-state index contributed by atoms with van der Waals surface area (Å²) in [7, 11) is 0. The van der Waals surface area contributed by atoms with Crippen LogP contribution < -0.4 is 9.64 Å². The molecule has 0 fully saturated rings. The van der Waals surface area contributed by atoms with Gasteiger partial charge >= 0.3 is 0 Å². The van der Waals surface area contributed by atoms with Gasteiger partial charge in [0.2, 0.25) is 0 Å². The van der Waals surface area contributed by atoms with Crippen LogP contribution in [0.15, 0.2) is 18.2 Å². The number of benzene rings is 1. The molecule has 1 heterocycles. The summed E-state index contributed by atoms with van der Waals surface area (Å²) in [6.45, 7) is 1.44. The van der Waals surface area contributed by atoms with E-state index in [0.29, 0.717) is 12.2 Å². The first-order chi connectivity index (χ1) is 9.02.